The summed E-state index contributed by atoms with van der Waals surface area (Å²) in [6.07, 6.45) is 3.20. The Morgan fingerprint density at radius 3 is 2.72 bits per heavy atom. The highest BCUT2D eigenvalue weighted by Crippen LogP contribution is 2.11. The van der Waals surface area contributed by atoms with Crippen LogP contribution in [0.1, 0.15) is 15.9 Å². The topological polar surface area (TPSA) is 66.4 Å². The molecule has 0 fully saturated rings. The van der Waals surface area contributed by atoms with E-state index in [1.165, 1.54) is 17.8 Å². The van der Waals surface area contributed by atoms with Crippen molar-refractivity contribution in [2.45, 2.75) is 6.92 Å². The van der Waals surface area contributed by atoms with Crippen LogP contribution in [-0.4, -0.2) is 29.7 Å². The van der Waals surface area contributed by atoms with Crippen LogP contribution < -0.4 is 5.32 Å². The summed E-state index contributed by atoms with van der Waals surface area (Å²) in [6, 6.07) is 7.27. The van der Waals surface area contributed by atoms with E-state index in [4.69, 9.17) is 5.11 Å². The van der Waals surface area contributed by atoms with Crippen molar-refractivity contribution < 1.29 is 14.7 Å². The van der Waals surface area contributed by atoms with Crippen LogP contribution in [-0.2, 0) is 4.79 Å². The molecule has 0 aromatic heterocycles. The Kier molecular flexibility index (Phi) is 5.45. The molecule has 1 aromatic rings. The second-order valence-electron chi connectivity index (χ2n) is 3.69. The van der Waals surface area contributed by atoms with Crippen molar-refractivity contribution in [1.82, 2.24) is 5.32 Å². The van der Waals surface area contributed by atoms with E-state index in [0.29, 0.717) is 10.6 Å². The number of nitrogens with one attached hydrogen (secondary N) is 1. The molecule has 0 bridgehead atoms. The number of carboxylic acids is 1. The molecule has 0 atom stereocenters. The molecule has 0 aliphatic carbocycles. The van der Waals surface area contributed by atoms with Crippen molar-refractivity contribution in [2.75, 3.05) is 12.8 Å². The van der Waals surface area contributed by atoms with Crippen LogP contribution in [0.15, 0.2) is 35.4 Å². The average Bonchev–Trinajstić information content (AvgIpc) is 2.34. The van der Waals surface area contributed by atoms with Crippen molar-refractivity contribution in [1.29, 1.82) is 0 Å². The number of thioether (sulfide) groups is 1. The van der Waals surface area contributed by atoms with Gasteiger partial charge in [0.1, 0.15) is 6.54 Å². The zero-order valence-electron chi connectivity index (χ0n) is 10.3. The van der Waals surface area contributed by atoms with Crippen LogP contribution in [0.25, 0.3) is 0 Å². The number of allylic oxidation sites excluding steroid dienone is 1. The third-order valence-electron chi connectivity index (χ3n) is 2.20. The van der Waals surface area contributed by atoms with Gasteiger partial charge in [-0.15, -0.1) is 11.8 Å². The van der Waals surface area contributed by atoms with Gasteiger partial charge in [-0.2, -0.15) is 0 Å². The van der Waals surface area contributed by atoms with Gasteiger partial charge < -0.3 is 10.4 Å². The Hall–Kier alpha value is -1.75. The monoisotopic (exact) mass is 265 g/mol. The number of benzene rings is 1. The molecule has 0 aliphatic heterocycles. The Morgan fingerprint density at radius 1 is 1.44 bits per heavy atom. The van der Waals surface area contributed by atoms with Crippen molar-refractivity contribution >= 4 is 23.5 Å². The first kappa shape index (κ1) is 14.3. The summed E-state index contributed by atoms with van der Waals surface area (Å²) in [5.74, 6) is -1.10. The molecule has 5 heteroatoms. The first-order valence-corrected chi connectivity index (χ1v) is 6.57. The van der Waals surface area contributed by atoms with Crippen LogP contribution in [0.2, 0.25) is 0 Å². The van der Waals surface area contributed by atoms with E-state index in [2.05, 4.69) is 5.32 Å². The lowest BCUT2D eigenvalue weighted by Crippen LogP contribution is -2.21. The quantitative estimate of drug-likeness (QED) is 0.609. The third kappa shape index (κ3) is 4.63. The SMILES string of the molecule is CS/C(=C\C(=O)c1cccc(C)c1)NCC(=O)O. The van der Waals surface area contributed by atoms with E-state index in [0.717, 1.165) is 5.56 Å². The molecule has 2 N–H and O–H groups in total. The van der Waals surface area contributed by atoms with Crippen molar-refractivity contribution in [3.8, 4) is 0 Å². The zero-order chi connectivity index (χ0) is 13.5. The van der Waals surface area contributed by atoms with Crippen LogP contribution in [0.5, 0.6) is 0 Å². The zero-order valence-corrected chi connectivity index (χ0v) is 11.1. The highest BCUT2D eigenvalue weighted by molar-refractivity contribution is 8.02. The second kappa shape index (κ2) is 6.86. The van der Waals surface area contributed by atoms with Gasteiger partial charge in [0.25, 0.3) is 0 Å². The number of aliphatic carboxylic acids is 1. The molecular formula is C13H15NO3S. The molecule has 1 rings (SSSR count). The molecule has 4 nitrogen and oxygen atoms in total. The van der Waals surface area contributed by atoms with E-state index in [1.807, 2.05) is 19.1 Å². The Morgan fingerprint density at radius 2 is 2.17 bits per heavy atom. The van der Waals surface area contributed by atoms with Gasteiger partial charge in [0, 0.05) is 11.6 Å². The van der Waals surface area contributed by atoms with Gasteiger partial charge in [0.2, 0.25) is 0 Å². The molecule has 0 spiro atoms. The molecule has 0 saturated carbocycles. The normalized spacial score (nSPS) is 11.1. The molecule has 0 aliphatic rings. The highest BCUT2D eigenvalue weighted by atomic mass is 32.2. The molecule has 0 amide bonds. The average molecular weight is 265 g/mol. The number of hydrogen-bond acceptors (Lipinski definition) is 4. The number of ketones is 1. The number of aryl methyl sites for hydroxylation is 1. The minimum atomic E-state index is -0.960. The lowest BCUT2D eigenvalue weighted by atomic mass is 10.1. The van der Waals surface area contributed by atoms with Crippen molar-refractivity contribution in [3.05, 3.63) is 46.5 Å². The predicted octanol–water partition coefficient (Wildman–Crippen LogP) is 2.06. The maximum Gasteiger partial charge on any atom is 0.322 e. The lowest BCUT2D eigenvalue weighted by molar-refractivity contribution is -0.135. The lowest BCUT2D eigenvalue weighted by Gasteiger charge is -2.05. The summed E-state index contributed by atoms with van der Waals surface area (Å²) in [5, 5.41) is 11.8. The molecule has 18 heavy (non-hydrogen) atoms. The molecule has 0 unspecified atom stereocenters. The standard InChI is InChI=1S/C13H15NO3S/c1-9-4-3-5-10(6-9)11(15)7-12(18-2)14-8-13(16)17/h3-7,14H,8H2,1-2H3,(H,16,17)/b12-7-. The number of hydrogen-bond donors (Lipinski definition) is 2. The molecule has 0 radical (unpaired) electrons. The number of carbonyl (C=O) groups excluding carboxylic acids is 1. The Balaban J connectivity index is 2.79. The second-order valence-corrected chi connectivity index (χ2v) is 4.54. The molecule has 96 valence electrons. The summed E-state index contributed by atoms with van der Waals surface area (Å²) >= 11 is 1.30. The fourth-order valence-corrected chi connectivity index (χ4v) is 1.79. The summed E-state index contributed by atoms with van der Waals surface area (Å²) in [6.45, 7) is 1.71. The van der Waals surface area contributed by atoms with Crippen LogP contribution >= 0.6 is 11.8 Å². The first-order valence-electron chi connectivity index (χ1n) is 5.35. The van der Waals surface area contributed by atoms with E-state index < -0.39 is 5.97 Å². The fourth-order valence-electron chi connectivity index (χ4n) is 1.35. The number of rotatable bonds is 6. The van der Waals surface area contributed by atoms with Gasteiger partial charge in [0.15, 0.2) is 5.78 Å². The van der Waals surface area contributed by atoms with E-state index in [-0.39, 0.29) is 12.3 Å². The van der Waals surface area contributed by atoms with Crippen LogP contribution in [0.4, 0.5) is 0 Å². The van der Waals surface area contributed by atoms with E-state index in [9.17, 15) is 9.59 Å². The van der Waals surface area contributed by atoms with E-state index >= 15 is 0 Å². The highest BCUT2D eigenvalue weighted by Gasteiger charge is 2.06. The van der Waals surface area contributed by atoms with E-state index in [1.54, 1.807) is 18.4 Å². The molecule has 1 aromatic carbocycles. The van der Waals surface area contributed by atoms with Crippen LogP contribution in [0, 0.1) is 6.92 Å². The Labute approximate surface area is 110 Å². The maximum absolute atomic E-state index is 11.9. The number of carboxylic acid groups (broad SMARTS) is 1. The summed E-state index contributed by atoms with van der Waals surface area (Å²) < 4.78 is 0. The van der Waals surface area contributed by atoms with Gasteiger partial charge in [-0.3, -0.25) is 9.59 Å². The van der Waals surface area contributed by atoms with Crippen molar-refractivity contribution in [2.24, 2.45) is 0 Å². The summed E-state index contributed by atoms with van der Waals surface area (Å²) in [7, 11) is 0. The van der Waals surface area contributed by atoms with Gasteiger partial charge >= 0.3 is 5.97 Å². The largest absolute Gasteiger partial charge is 0.480 e. The van der Waals surface area contributed by atoms with Gasteiger partial charge in [-0.1, -0.05) is 23.8 Å². The molecular weight excluding hydrogens is 250 g/mol. The van der Waals surface area contributed by atoms with Crippen molar-refractivity contribution in [3.63, 3.8) is 0 Å². The minimum Gasteiger partial charge on any atom is -0.480 e. The van der Waals surface area contributed by atoms with Gasteiger partial charge in [-0.25, -0.2) is 0 Å². The maximum atomic E-state index is 11.9. The van der Waals surface area contributed by atoms with Crippen LogP contribution in [0.3, 0.4) is 0 Å². The summed E-state index contributed by atoms with van der Waals surface area (Å²) in [5.41, 5.74) is 1.61. The number of carbonyl (C=O) groups is 2. The predicted molar refractivity (Wildman–Crippen MR) is 72.7 cm³/mol. The Bertz CT molecular complexity index is 483. The van der Waals surface area contributed by atoms with Gasteiger partial charge in [0.05, 0.1) is 5.03 Å². The fraction of sp³-hybridized carbons (Fsp3) is 0.231. The summed E-state index contributed by atoms with van der Waals surface area (Å²) in [4.78, 5) is 22.4. The first-order chi connectivity index (χ1) is 8.52. The minimum absolute atomic E-state index is 0.138. The molecule has 0 heterocycles. The third-order valence-corrected chi connectivity index (χ3v) is 2.90. The smallest absolute Gasteiger partial charge is 0.322 e. The van der Waals surface area contributed by atoms with Gasteiger partial charge in [-0.05, 0) is 19.2 Å². The molecule has 0 saturated heterocycles.